The van der Waals surface area contributed by atoms with Crippen LogP contribution in [0.2, 0.25) is 0 Å². The minimum Gasteiger partial charge on any atom is -0.396 e. The van der Waals surface area contributed by atoms with Crippen molar-refractivity contribution in [2.24, 2.45) is 5.92 Å². The van der Waals surface area contributed by atoms with Gasteiger partial charge in [-0.1, -0.05) is 18.6 Å². The number of rotatable bonds is 3. The summed E-state index contributed by atoms with van der Waals surface area (Å²) >= 11 is 0. The fourth-order valence-electron chi connectivity index (χ4n) is 0.732. The molecule has 0 rings (SSSR count). The topological polar surface area (TPSA) is 20.2 Å². The van der Waals surface area contributed by atoms with Gasteiger partial charge in [0.2, 0.25) is 0 Å². The first kappa shape index (κ1) is 8.70. The zero-order valence-corrected chi connectivity index (χ0v) is 6.52. The lowest BCUT2D eigenvalue weighted by molar-refractivity contribution is 0.237. The Morgan fingerprint density at radius 2 is 2.22 bits per heavy atom. The largest absolute Gasteiger partial charge is 0.396 e. The van der Waals surface area contributed by atoms with Crippen LogP contribution in [0.5, 0.6) is 0 Å². The van der Waals surface area contributed by atoms with Crippen LogP contribution in [0.4, 0.5) is 0 Å². The Bertz CT molecular complexity index is 94.7. The second kappa shape index (κ2) is 4.57. The molecule has 0 unspecified atom stereocenters. The van der Waals surface area contributed by atoms with Crippen molar-refractivity contribution < 1.29 is 5.11 Å². The van der Waals surface area contributed by atoms with Crippen LogP contribution in [0.25, 0.3) is 0 Å². The Balaban J connectivity index is 3.47. The Morgan fingerprint density at radius 3 is 2.56 bits per heavy atom. The highest BCUT2D eigenvalue weighted by atomic mass is 16.3. The minimum atomic E-state index is 0.297. The van der Waals surface area contributed by atoms with Crippen molar-refractivity contribution >= 4 is 0 Å². The van der Waals surface area contributed by atoms with Gasteiger partial charge < -0.3 is 5.11 Å². The summed E-state index contributed by atoms with van der Waals surface area (Å²) in [7, 11) is 0. The molecule has 0 saturated carbocycles. The summed E-state index contributed by atoms with van der Waals surface area (Å²) in [6.45, 7) is 6.46. The molecule has 54 valence electrons. The van der Waals surface area contributed by atoms with Crippen molar-refractivity contribution in [3.8, 4) is 0 Å². The maximum Gasteiger partial charge on any atom is 0.0459 e. The molecule has 0 aliphatic carbocycles. The van der Waals surface area contributed by atoms with Crippen molar-refractivity contribution in [3.05, 3.63) is 11.6 Å². The zero-order chi connectivity index (χ0) is 7.28. The van der Waals surface area contributed by atoms with Crippen LogP contribution in [-0.4, -0.2) is 11.7 Å². The van der Waals surface area contributed by atoms with Crippen molar-refractivity contribution in [3.63, 3.8) is 0 Å². The molecule has 0 aliphatic rings. The van der Waals surface area contributed by atoms with E-state index in [1.165, 1.54) is 5.57 Å². The van der Waals surface area contributed by atoms with Gasteiger partial charge in [0.25, 0.3) is 0 Å². The van der Waals surface area contributed by atoms with E-state index in [4.69, 9.17) is 5.11 Å². The Labute approximate surface area is 57.4 Å². The molecule has 0 aromatic carbocycles. The number of aliphatic hydroxyl groups is 1. The number of allylic oxidation sites excluding steroid dienone is 2. The average Bonchev–Trinajstić information content (AvgIpc) is 1.87. The molecular weight excluding hydrogens is 112 g/mol. The first-order valence-corrected chi connectivity index (χ1v) is 3.43. The molecule has 0 aromatic heterocycles. The van der Waals surface area contributed by atoms with E-state index in [0.717, 1.165) is 6.42 Å². The van der Waals surface area contributed by atoms with E-state index in [-0.39, 0.29) is 0 Å². The summed E-state index contributed by atoms with van der Waals surface area (Å²) in [6, 6.07) is 0. The summed E-state index contributed by atoms with van der Waals surface area (Å²) in [4.78, 5) is 0. The molecule has 0 amide bonds. The predicted octanol–water partition coefficient (Wildman–Crippen LogP) is 1.97. The number of hydrogen-bond acceptors (Lipinski definition) is 1. The maximum absolute atomic E-state index is 8.65. The summed E-state index contributed by atoms with van der Waals surface area (Å²) in [5.74, 6) is 0.418. The lowest BCUT2D eigenvalue weighted by Crippen LogP contribution is -2.00. The first-order valence-electron chi connectivity index (χ1n) is 3.43. The van der Waals surface area contributed by atoms with Crippen molar-refractivity contribution in [1.29, 1.82) is 0 Å². The fourth-order valence-corrected chi connectivity index (χ4v) is 0.732. The van der Waals surface area contributed by atoms with Crippen LogP contribution in [0.3, 0.4) is 0 Å². The Morgan fingerprint density at radius 1 is 1.67 bits per heavy atom. The van der Waals surface area contributed by atoms with E-state index in [1.54, 1.807) is 0 Å². The molecule has 0 heterocycles. The van der Waals surface area contributed by atoms with Crippen molar-refractivity contribution in [2.45, 2.75) is 27.2 Å². The molecule has 9 heavy (non-hydrogen) atoms. The molecule has 1 N–H and O–H groups in total. The van der Waals surface area contributed by atoms with Crippen LogP contribution in [0.1, 0.15) is 27.2 Å². The van der Waals surface area contributed by atoms with Gasteiger partial charge in [0.05, 0.1) is 0 Å². The lowest BCUT2D eigenvalue weighted by Gasteiger charge is -2.05. The molecule has 0 aliphatic heterocycles. The summed E-state index contributed by atoms with van der Waals surface area (Å²) < 4.78 is 0. The average molecular weight is 128 g/mol. The molecule has 0 aromatic rings. The second-order valence-electron chi connectivity index (χ2n) is 2.63. The third-order valence-corrected chi connectivity index (χ3v) is 1.47. The molecule has 1 atom stereocenters. The smallest absolute Gasteiger partial charge is 0.0459 e. The highest BCUT2D eigenvalue weighted by Gasteiger charge is 1.98. The number of aliphatic hydroxyl groups excluding tert-OH is 1. The van der Waals surface area contributed by atoms with Crippen LogP contribution < -0.4 is 0 Å². The van der Waals surface area contributed by atoms with Crippen molar-refractivity contribution in [1.82, 2.24) is 0 Å². The predicted molar refractivity (Wildman–Crippen MR) is 40.3 cm³/mol. The van der Waals surface area contributed by atoms with Gasteiger partial charge in [0, 0.05) is 6.61 Å². The van der Waals surface area contributed by atoms with Gasteiger partial charge in [-0.25, -0.2) is 0 Å². The van der Waals surface area contributed by atoms with E-state index >= 15 is 0 Å². The van der Waals surface area contributed by atoms with Crippen LogP contribution >= 0.6 is 0 Å². The zero-order valence-electron chi connectivity index (χ0n) is 6.52. The lowest BCUT2D eigenvalue weighted by atomic mass is 10.0. The fraction of sp³-hybridized carbons (Fsp3) is 0.750. The molecular formula is C8H16O. The standard InChI is InChI=1S/C8H16O/c1-4-7(2)5-8(3)6-9/h4,8-9H,5-6H2,1-3H3/b7-4-/t8-/m0/s1. The van der Waals surface area contributed by atoms with Gasteiger partial charge in [0.15, 0.2) is 0 Å². The van der Waals surface area contributed by atoms with E-state index in [2.05, 4.69) is 13.0 Å². The van der Waals surface area contributed by atoms with Gasteiger partial charge in [-0.3, -0.25) is 0 Å². The van der Waals surface area contributed by atoms with Gasteiger partial charge in [-0.05, 0) is 26.2 Å². The van der Waals surface area contributed by atoms with Gasteiger partial charge in [-0.15, -0.1) is 0 Å². The molecule has 0 saturated heterocycles. The third-order valence-electron chi connectivity index (χ3n) is 1.47. The summed E-state index contributed by atoms with van der Waals surface area (Å²) in [5, 5.41) is 8.65. The SMILES string of the molecule is C/C=C(/C)C[C@H](C)CO. The van der Waals surface area contributed by atoms with Crippen LogP contribution in [-0.2, 0) is 0 Å². The molecule has 0 spiro atoms. The highest BCUT2D eigenvalue weighted by molar-refractivity contribution is 4.96. The first-order chi connectivity index (χ1) is 4.20. The number of hydrogen-bond donors (Lipinski definition) is 1. The Hall–Kier alpha value is -0.300. The molecule has 0 bridgehead atoms. The van der Waals surface area contributed by atoms with E-state index < -0.39 is 0 Å². The van der Waals surface area contributed by atoms with E-state index in [9.17, 15) is 0 Å². The maximum atomic E-state index is 8.65. The van der Waals surface area contributed by atoms with E-state index in [1.807, 2.05) is 13.8 Å². The summed E-state index contributed by atoms with van der Waals surface area (Å²) in [6.07, 6.45) is 3.11. The normalized spacial score (nSPS) is 15.8. The molecule has 0 radical (unpaired) electrons. The van der Waals surface area contributed by atoms with E-state index in [0.29, 0.717) is 12.5 Å². The molecule has 0 fully saturated rings. The van der Waals surface area contributed by atoms with Gasteiger partial charge >= 0.3 is 0 Å². The second-order valence-corrected chi connectivity index (χ2v) is 2.63. The monoisotopic (exact) mass is 128 g/mol. The Kier molecular flexibility index (Phi) is 4.41. The molecule has 1 heteroatoms. The van der Waals surface area contributed by atoms with Crippen LogP contribution in [0, 0.1) is 5.92 Å². The van der Waals surface area contributed by atoms with Crippen LogP contribution in [0.15, 0.2) is 11.6 Å². The molecule has 1 nitrogen and oxygen atoms in total. The van der Waals surface area contributed by atoms with Gasteiger partial charge in [0.1, 0.15) is 0 Å². The highest BCUT2D eigenvalue weighted by Crippen LogP contribution is 2.08. The minimum absolute atomic E-state index is 0.297. The van der Waals surface area contributed by atoms with Crippen molar-refractivity contribution in [2.75, 3.05) is 6.61 Å². The quantitative estimate of drug-likeness (QED) is 0.576. The summed E-state index contributed by atoms with van der Waals surface area (Å²) in [5.41, 5.74) is 1.36. The van der Waals surface area contributed by atoms with Gasteiger partial charge in [-0.2, -0.15) is 0 Å². The third kappa shape index (κ3) is 4.22.